The minimum Gasteiger partial charge on any atom is -0.481 e. The van der Waals surface area contributed by atoms with Gasteiger partial charge in [-0.05, 0) is 13.5 Å². The number of hydrogen-bond acceptors (Lipinski definition) is 3. The van der Waals surface area contributed by atoms with E-state index in [-0.39, 0.29) is 12.5 Å². The van der Waals surface area contributed by atoms with Crippen molar-refractivity contribution in [3.63, 3.8) is 0 Å². The van der Waals surface area contributed by atoms with Crippen molar-refractivity contribution in [1.82, 2.24) is 5.32 Å². The summed E-state index contributed by atoms with van der Waals surface area (Å²) in [7, 11) is 1.80. The van der Waals surface area contributed by atoms with Crippen LogP contribution in [0.25, 0.3) is 0 Å². The van der Waals surface area contributed by atoms with E-state index < -0.39 is 5.97 Å². The summed E-state index contributed by atoms with van der Waals surface area (Å²) in [5.74, 6) is -0.831. The Morgan fingerprint density at radius 2 is 2.00 bits per heavy atom. The van der Waals surface area contributed by atoms with Gasteiger partial charge in [0, 0.05) is 6.54 Å². The largest absolute Gasteiger partial charge is 0.481 e. The topological polar surface area (TPSA) is 69.6 Å². The molecule has 0 spiro atoms. The first-order valence-corrected chi connectivity index (χ1v) is 5.58. The molecule has 0 heterocycles. The molecule has 0 aliphatic carbocycles. The van der Waals surface area contributed by atoms with Crippen LogP contribution in [0.2, 0.25) is 0 Å². The molecule has 0 aromatic heterocycles. The third-order valence-corrected chi connectivity index (χ3v) is 2.02. The van der Waals surface area contributed by atoms with Crippen molar-refractivity contribution in [2.75, 3.05) is 20.2 Å². The number of carbonyl (C=O) groups is 1. The van der Waals surface area contributed by atoms with E-state index >= 15 is 0 Å². The number of carboxylic acid groups (broad SMARTS) is 1. The molecular weight excluding hydrogens is 194 g/mol. The second-order valence-electron chi connectivity index (χ2n) is 3.56. The number of nitrogens with one attached hydrogen (secondary N) is 1. The second kappa shape index (κ2) is 13.4. The van der Waals surface area contributed by atoms with E-state index in [1.807, 2.05) is 0 Å². The van der Waals surface area contributed by atoms with Gasteiger partial charge < -0.3 is 15.5 Å². The lowest BCUT2D eigenvalue weighted by Crippen LogP contribution is -2.10. The zero-order valence-corrected chi connectivity index (χ0v) is 10.1. The molecule has 0 aromatic carbocycles. The fourth-order valence-electron chi connectivity index (χ4n) is 0.936. The number of rotatable bonds is 7. The van der Waals surface area contributed by atoms with Crippen molar-refractivity contribution in [3.05, 3.63) is 0 Å². The first-order chi connectivity index (χ1) is 7.09. The van der Waals surface area contributed by atoms with Crippen LogP contribution in [0.4, 0.5) is 0 Å². The van der Waals surface area contributed by atoms with Gasteiger partial charge in [-0.15, -0.1) is 0 Å². The van der Waals surface area contributed by atoms with Crippen molar-refractivity contribution in [2.45, 2.75) is 39.5 Å². The van der Waals surface area contributed by atoms with Gasteiger partial charge in [0.15, 0.2) is 0 Å². The van der Waals surface area contributed by atoms with Gasteiger partial charge in [-0.2, -0.15) is 0 Å². The van der Waals surface area contributed by atoms with E-state index in [9.17, 15) is 4.79 Å². The van der Waals surface area contributed by atoms with Crippen molar-refractivity contribution < 1.29 is 15.0 Å². The molecule has 0 fully saturated rings. The molecule has 0 radical (unpaired) electrons. The third-order valence-electron chi connectivity index (χ3n) is 2.02. The predicted octanol–water partition coefficient (Wildman–Crippen LogP) is 1.49. The molecule has 0 bridgehead atoms. The number of aliphatic carboxylic acids is 1. The van der Waals surface area contributed by atoms with E-state index in [0.717, 1.165) is 25.7 Å². The summed E-state index contributed by atoms with van der Waals surface area (Å²) in [5.41, 5.74) is 0. The van der Waals surface area contributed by atoms with Crippen LogP contribution in [-0.2, 0) is 4.79 Å². The molecule has 0 rings (SSSR count). The van der Waals surface area contributed by atoms with Gasteiger partial charge in [0.1, 0.15) is 0 Å². The van der Waals surface area contributed by atoms with Gasteiger partial charge >= 0.3 is 5.97 Å². The Hall–Kier alpha value is -0.610. The molecule has 0 aliphatic rings. The highest BCUT2D eigenvalue weighted by Crippen LogP contribution is 2.08. The zero-order chi connectivity index (χ0) is 12.1. The number of likely N-dealkylation sites (N-methyl/N-ethyl adjacent to an activating group) is 1. The summed E-state index contributed by atoms with van der Waals surface area (Å²) in [4.78, 5) is 10.3. The summed E-state index contributed by atoms with van der Waals surface area (Å²) in [5, 5.41) is 19.3. The Morgan fingerprint density at radius 3 is 2.27 bits per heavy atom. The summed E-state index contributed by atoms with van der Waals surface area (Å²) in [6, 6.07) is 0. The Morgan fingerprint density at radius 1 is 1.40 bits per heavy atom. The molecule has 0 aliphatic heterocycles. The molecule has 3 N–H and O–H groups in total. The molecule has 1 unspecified atom stereocenters. The van der Waals surface area contributed by atoms with Crippen LogP contribution in [0.15, 0.2) is 0 Å². The van der Waals surface area contributed by atoms with Crippen LogP contribution >= 0.6 is 0 Å². The number of aliphatic hydroxyl groups excluding tert-OH is 1. The van der Waals surface area contributed by atoms with Crippen LogP contribution in [0.3, 0.4) is 0 Å². The lowest BCUT2D eigenvalue weighted by molar-refractivity contribution is -0.141. The smallest absolute Gasteiger partial charge is 0.306 e. The summed E-state index contributed by atoms with van der Waals surface area (Å²) in [6.45, 7) is 4.81. The number of aliphatic hydroxyl groups is 1. The minimum absolute atomic E-state index is 0.161. The van der Waals surface area contributed by atoms with Gasteiger partial charge in [-0.3, -0.25) is 4.79 Å². The fraction of sp³-hybridized carbons (Fsp3) is 0.909. The van der Waals surface area contributed by atoms with Gasteiger partial charge in [0.2, 0.25) is 0 Å². The zero-order valence-electron chi connectivity index (χ0n) is 10.1. The van der Waals surface area contributed by atoms with E-state index in [1.165, 1.54) is 0 Å². The molecular formula is C11H25NO3. The van der Waals surface area contributed by atoms with E-state index in [1.54, 1.807) is 14.0 Å². The van der Waals surface area contributed by atoms with Crippen molar-refractivity contribution in [2.24, 2.45) is 5.92 Å². The Balaban J connectivity index is 0. The highest BCUT2D eigenvalue weighted by molar-refractivity contribution is 5.69. The molecule has 4 nitrogen and oxygen atoms in total. The molecule has 0 amide bonds. The van der Waals surface area contributed by atoms with E-state index in [0.29, 0.717) is 6.54 Å². The lowest BCUT2D eigenvalue weighted by Gasteiger charge is -2.03. The first-order valence-electron chi connectivity index (χ1n) is 5.58. The van der Waals surface area contributed by atoms with Gasteiger partial charge in [-0.25, -0.2) is 0 Å². The van der Waals surface area contributed by atoms with Crippen LogP contribution in [0, 0.1) is 5.92 Å². The third kappa shape index (κ3) is 16.1. The highest BCUT2D eigenvalue weighted by Gasteiger charge is 2.08. The quantitative estimate of drug-likeness (QED) is 0.567. The summed E-state index contributed by atoms with van der Waals surface area (Å²) >= 11 is 0. The monoisotopic (exact) mass is 219 g/mol. The SMILES string of the molecule is CCCCCC(C)C(=O)O.CNCCO. The van der Waals surface area contributed by atoms with Crippen molar-refractivity contribution in [1.29, 1.82) is 0 Å². The highest BCUT2D eigenvalue weighted by atomic mass is 16.4. The minimum atomic E-state index is -0.670. The van der Waals surface area contributed by atoms with Crippen molar-refractivity contribution in [3.8, 4) is 0 Å². The Bertz CT molecular complexity index is 138. The summed E-state index contributed by atoms with van der Waals surface area (Å²) < 4.78 is 0. The Kier molecular flexibility index (Phi) is 15.0. The predicted molar refractivity (Wildman–Crippen MR) is 62.0 cm³/mol. The molecule has 0 aromatic rings. The molecule has 1 atom stereocenters. The molecule has 0 saturated carbocycles. The fourth-order valence-corrected chi connectivity index (χ4v) is 0.936. The van der Waals surface area contributed by atoms with E-state index in [4.69, 9.17) is 10.2 Å². The normalized spacial score (nSPS) is 11.5. The average molecular weight is 219 g/mol. The maximum absolute atomic E-state index is 10.3. The second-order valence-corrected chi connectivity index (χ2v) is 3.56. The maximum atomic E-state index is 10.3. The molecule has 4 heteroatoms. The van der Waals surface area contributed by atoms with Gasteiger partial charge in [-0.1, -0.05) is 33.1 Å². The van der Waals surface area contributed by atoms with Crippen molar-refractivity contribution >= 4 is 5.97 Å². The van der Waals surface area contributed by atoms with Crippen LogP contribution in [0.5, 0.6) is 0 Å². The Labute approximate surface area is 92.7 Å². The first kappa shape index (κ1) is 16.8. The van der Waals surface area contributed by atoms with Gasteiger partial charge in [0.25, 0.3) is 0 Å². The van der Waals surface area contributed by atoms with Gasteiger partial charge in [0.05, 0.1) is 12.5 Å². The number of hydrogen-bond donors (Lipinski definition) is 3. The van der Waals surface area contributed by atoms with E-state index in [2.05, 4.69) is 12.2 Å². The molecule has 15 heavy (non-hydrogen) atoms. The molecule has 0 saturated heterocycles. The number of unbranched alkanes of at least 4 members (excludes halogenated alkanes) is 2. The van der Waals surface area contributed by atoms with Crippen LogP contribution in [-0.4, -0.2) is 36.4 Å². The number of carboxylic acids is 1. The van der Waals surface area contributed by atoms with Crippen LogP contribution < -0.4 is 5.32 Å². The van der Waals surface area contributed by atoms with Crippen LogP contribution in [0.1, 0.15) is 39.5 Å². The lowest BCUT2D eigenvalue weighted by atomic mass is 10.0. The molecule has 92 valence electrons. The maximum Gasteiger partial charge on any atom is 0.306 e. The standard InChI is InChI=1S/C8H16O2.C3H9NO/c1-3-4-5-6-7(2)8(9)10;1-4-2-3-5/h7H,3-6H2,1-2H3,(H,9,10);4-5H,2-3H2,1H3. The average Bonchev–Trinajstić information content (AvgIpc) is 2.20. The summed E-state index contributed by atoms with van der Waals surface area (Å²) in [6.07, 6.45) is 4.18.